The summed E-state index contributed by atoms with van der Waals surface area (Å²) >= 11 is 0. The van der Waals surface area contributed by atoms with Crippen LogP contribution in [0.2, 0.25) is 0 Å². The van der Waals surface area contributed by atoms with Gasteiger partial charge in [0.05, 0.1) is 10.9 Å². The first-order chi connectivity index (χ1) is 31.9. The molecule has 0 spiro atoms. The number of fused-ring (bicyclic) bond motifs is 7. The van der Waals surface area contributed by atoms with Gasteiger partial charge in [0.15, 0.2) is 28.7 Å². The van der Waals surface area contributed by atoms with Crippen LogP contribution in [-0.2, 0) is 0 Å². The molecule has 314 valence electrons. The molecule has 0 saturated heterocycles. The zero-order chi connectivity index (χ0) is 45.7. The van der Waals surface area contributed by atoms with Gasteiger partial charge < -0.3 is 50.0 Å². The van der Waals surface area contributed by atoms with Crippen molar-refractivity contribution in [1.82, 2.24) is 9.13 Å². The van der Waals surface area contributed by atoms with E-state index >= 15 is 0 Å². The van der Waals surface area contributed by atoms with Gasteiger partial charge in [0, 0.05) is 27.5 Å². The van der Waals surface area contributed by atoms with Crippen LogP contribution in [0.3, 0.4) is 0 Å². The molecule has 11 aromatic rings. The normalized spacial score (nSPS) is 11.6. The van der Waals surface area contributed by atoms with E-state index in [4.69, 9.17) is 15.7 Å². The molecular formula is C54H34B2N2O8. The van der Waals surface area contributed by atoms with E-state index in [0.29, 0.717) is 16.9 Å². The minimum atomic E-state index is -1.06. The second-order valence-electron chi connectivity index (χ2n) is 16.2. The van der Waals surface area contributed by atoms with Crippen LogP contribution in [0.5, 0.6) is 46.0 Å². The van der Waals surface area contributed by atoms with Crippen molar-refractivity contribution in [1.29, 1.82) is 0 Å². The van der Waals surface area contributed by atoms with Gasteiger partial charge in [0.2, 0.25) is 11.5 Å². The predicted molar refractivity (Wildman–Crippen MR) is 261 cm³/mol. The minimum Gasteiger partial charge on any atom is -0.505 e. The average Bonchev–Trinajstić information content (AvgIpc) is 3.91. The van der Waals surface area contributed by atoms with Gasteiger partial charge in [-0.15, -0.1) is 0 Å². The molecule has 4 radical (unpaired) electrons. The molecule has 0 aliphatic carbocycles. The summed E-state index contributed by atoms with van der Waals surface area (Å²) in [6, 6.07) is 49.6. The molecule has 0 unspecified atom stereocenters. The van der Waals surface area contributed by atoms with E-state index in [1.807, 2.05) is 140 Å². The Balaban J connectivity index is 1.29. The molecule has 2 aromatic heterocycles. The number of phenolic OH excluding ortho intramolecular Hbond substituents is 8. The molecule has 0 aliphatic heterocycles. The molecule has 8 N–H and O–H groups in total. The SMILES string of the molecule is [B]c1c(O)c(O)c([B])c2c1c1c3c4c(O)c(O)c(O)c(O)c4n(-c4cccc(-c5ccc(-c6ccccc6)cc5)c4)c3c(O)c(O)c1n2-c1cc(-c2ccccc2)cc(-c2ccccc2)c1. The van der Waals surface area contributed by atoms with Crippen LogP contribution in [-0.4, -0.2) is 65.7 Å². The number of hydrogen-bond acceptors (Lipinski definition) is 8. The molecule has 11 rings (SSSR count). The van der Waals surface area contributed by atoms with Crippen LogP contribution in [0.4, 0.5) is 0 Å². The van der Waals surface area contributed by atoms with Crippen molar-refractivity contribution in [2.75, 3.05) is 0 Å². The van der Waals surface area contributed by atoms with Crippen molar-refractivity contribution in [2.45, 2.75) is 0 Å². The average molecular weight is 860 g/mol. The second-order valence-corrected chi connectivity index (χ2v) is 16.2. The molecular weight excluding hydrogens is 826 g/mol. The van der Waals surface area contributed by atoms with Gasteiger partial charge >= 0.3 is 0 Å². The van der Waals surface area contributed by atoms with Crippen molar-refractivity contribution in [3.63, 3.8) is 0 Å². The molecule has 0 amide bonds. The Morgan fingerprint density at radius 3 is 1.18 bits per heavy atom. The van der Waals surface area contributed by atoms with E-state index in [0.717, 1.165) is 38.9 Å². The van der Waals surface area contributed by atoms with E-state index in [2.05, 4.69) is 0 Å². The maximum absolute atomic E-state index is 12.6. The first kappa shape index (κ1) is 39.9. The van der Waals surface area contributed by atoms with Gasteiger partial charge in [0.25, 0.3) is 0 Å². The van der Waals surface area contributed by atoms with E-state index in [1.54, 1.807) is 18.2 Å². The van der Waals surface area contributed by atoms with Crippen molar-refractivity contribution in [3.8, 4) is 102 Å². The van der Waals surface area contributed by atoms with Crippen LogP contribution < -0.4 is 10.9 Å². The first-order valence-electron chi connectivity index (χ1n) is 20.8. The fourth-order valence-electron chi connectivity index (χ4n) is 9.38. The highest BCUT2D eigenvalue weighted by molar-refractivity contribution is 6.52. The molecule has 12 heteroatoms. The first-order valence-corrected chi connectivity index (χ1v) is 20.8. The van der Waals surface area contributed by atoms with Crippen molar-refractivity contribution in [3.05, 3.63) is 158 Å². The summed E-state index contributed by atoms with van der Waals surface area (Å²) < 4.78 is 2.85. The van der Waals surface area contributed by atoms with Gasteiger partial charge in [-0.25, -0.2) is 0 Å². The summed E-state index contributed by atoms with van der Waals surface area (Å²) in [6.45, 7) is 0. The number of rotatable bonds is 6. The molecule has 66 heavy (non-hydrogen) atoms. The Kier molecular flexibility index (Phi) is 8.98. The van der Waals surface area contributed by atoms with Crippen molar-refractivity contribution >= 4 is 70.2 Å². The quantitative estimate of drug-likeness (QED) is 0.0464. The number of phenols is 8. The summed E-state index contributed by atoms with van der Waals surface area (Å²) in [5.41, 5.74) is 6.14. The van der Waals surface area contributed by atoms with E-state index in [9.17, 15) is 40.9 Å². The van der Waals surface area contributed by atoms with Gasteiger partial charge in [-0.05, 0) is 85.8 Å². The molecule has 0 atom stereocenters. The minimum absolute atomic E-state index is 0.00243. The molecule has 0 aliphatic rings. The Hall–Kier alpha value is -8.89. The number of nitrogens with zero attached hydrogens (tertiary/aromatic N) is 2. The van der Waals surface area contributed by atoms with Crippen LogP contribution in [0.1, 0.15) is 0 Å². The summed E-state index contributed by atoms with van der Waals surface area (Å²) in [7, 11) is 13.5. The fraction of sp³-hybridized carbons (Fsp3) is 0. The lowest BCUT2D eigenvalue weighted by atomic mass is 9.82. The number of aromatic hydroxyl groups is 8. The molecule has 0 fully saturated rings. The summed E-state index contributed by atoms with van der Waals surface area (Å²) in [5, 5.41) is 93.4. The molecule has 2 heterocycles. The largest absolute Gasteiger partial charge is 0.505 e. The van der Waals surface area contributed by atoms with Crippen LogP contribution in [0, 0.1) is 0 Å². The zero-order valence-electron chi connectivity index (χ0n) is 34.6. The van der Waals surface area contributed by atoms with E-state index < -0.39 is 46.0 Å². The maximum Gasteiger partial charge on any atom is 0.206 e. The Bertz CT molecular complexity index is 3740. The van der Waals surface area contributed by atoms with Crippen molar-refractivity contribution in [2.24, 2.45) is 0 Å². The smallest absolute Gasteiger partial charge is 0.206 e. The lowest BCUT2D eigenvalue weighted by Crippen LogP contribution is -2.16. The molecule has 0 saturated carbocycles. The predicted octanol–water partition coefficient (Wildman–Crippen LogP) is 9.78. The van der Waals surface area contributed by atoms with Crippen LogP contribution >= 0.6 is 0 Å². The number of benzene rings is 9. The highest BCUT2D eigenvalue weighted by Gasteiger charge is 2.34. The summed E-state index contributed by atoms with van der Waals surface area (Å²) in [4.78, 5) is 0. The topological polar surface area (TPSA) is 172 Å². The molecule has 9 aromatic carbocycles. The van der Waals surface area contributed by atoms with Gasteiger partial charge in [-0.1, -0.05) is 127 Å². The lowest BCUT2D eigenvalue weighted by molar-refractivity contribution is 0.350. The third kappa shape index (κ3) is 5.78. The standard InChI is InChI=1S/C54H34B2N2O8/c55-41-39-37-38-40-46(52(64)54(66)53(65)47(40)59)57(35-18-10-17-32(24-35)31-21-19-30(20-22-31)27-11-4-1-5-12-27)45(38)51(63)50(62)44(37)58(43(39)42(56)49(61)48(41)60)36-25-33(28-13-6-2-7-14-28)23-34(26-36)29-15-8-3-9-16-29/h1-26,59-66H. The third-order valence-electron chi connectivity index (χ3n) is 12.5. The van der Waals surface area contributed by atoms with E-state index in [-0.39, 0.29) is 54.5 Å². The van der Waals surface area contributed by atoms with Crippen molar-refractivity contribution < 1.29 is 40.9 Å². The van der Waals surface area contributed by atoms with Gasteiger partial charge in [0.1, 0.15) is 38.0 Å². The summed E-state index contributed by atoms with van der Waals surface area (Å²) in [5.74, 6) is -6.81. The number of aromatic nitrogens is 2. The molecule has 0 bridgehead atoms. The maximum atomic E-state index is 12.6. The Morgan fingerprint density at radius 2 is 0.636 bits per heavy atom. The van der Waals surface area contributed by atoms with Gasteiger partial charge in [-0.2, -0.15) is 0 Å². The monoisotopic (exact) mass is 860 g/mol. The Labute approximate surface area is 378 Å². The summed E-state index contributed by atoms with van der Waals surface area (Å²) in [6.07, 6.45) is 0. The Morgan fingerprint density at radius 1 is 0.258 bits per heavy atom. The molecule has 10 nitrogen and oxygen atoms in total. The highest BCUT2D eigenvalue weighted by Crippen LogP contribution is 2.58. The van der Waals surface area contributed by atoms with E-state index in [1.165, 1.54) is 9.13 Å². The number of hydrogen-bond donors (Lipinski definition) is 8. The fourth-order valence-corrected chi connectivity index (χ4v) is 9.38. The van der Waals surface area contributed by atoms with Crippen LogP contribution in [0.15, 0.2) is 158 Å². The second kappa shape index (κ2) is 14.9. The van der Waals surface area contributed by atoms with Gasteiger partial charge in [-0.3, -0.25) is 0 Å². The zero-order valence-corrected chi connectivity index (χ0v) is 34.6. The highest BCUT2D eigenvalue weighted by atomic mass is 16.3. The van der Waals surface area contributed by atoms with Crippen LogP contribution in [0.25, 0.3) is 99.5 Å². The third-order valence-corrected chi connectivity index (χ3v) is 12.5. The lowest BCUT2D eigenvalue weighted by Gasteiger charge is -2.17.